The Morgan fingerprint density at radius 2 is 1.93 bits per heavy atom. The summed E-state index contributed by atoms with van der Waals surface area (Å²) >= 11 is 3.48. The van der Waals surface area contributed by atoms with Crippen molar-refractivity contribution >= 4 is 21.8 Å². The molecule has 0 N–H and O–H groups in total. The molecule has 2 saturated carbocycles. The van der Waals surface area contributed by atoms with Crippen LogP contribution in [0.15, 0.2) is 0 Å². The molecule has 0 radical (unpaired) electrons. The smallest absolute Gasteiger partial charge is 0.226 e. The summed E-state index contributed by atoms with van der Waals surface area (Å²) in [6.07, 6.45) is 3.90. The lowest BCUT2D eigenvalue weighted by Crippen LogP contribution is -2.47. The summed E-state index contributed by atoms with van der Waals surface area (Å²) in [5, 5.41) is 0.838. The van der Waals surface area contributed by atoms with Crippen LogP contribution in [-0.2, 0) is 4.79 Å². The lowest BCUT2D eigenvalue weighted by Gasteiger charge is -2.34. The summed E-state index contributed by atoms with van der Waals surface area (Å²) in [4.78, 5) is 14.2. The lowest BCUT2D eigenvalue weighted by atomic mass is 10.0. The largest absolute Gasteiger partial charge is 0.340 e. The van der Waals surface area contributed by atoms with Gasteiger partial charge in [0.25, 0.3) is 0 Å². The van der Waals surface area contributed by atoms with Gasteiger partial charge < -0.3 is 4.90 Å². The first-order valence-corrected chi connectivity index (χ1v) is 6.95. The van der Waals surface area contributed by atoms with Gasteiger partial charge in [-0.15, -0.1) is 0 Å². The molecule has 2 fully saturated rings. The number of fused-ring (bicyclic) bond motifs is 1. The van der Waals surface area contributed by atoms with Gasteiger partial charge >= 0.3 is 0 Å². The van der Waals surface area contributed by atoms with E-state index in [0.717, 1.165) is 17.2 Å². The number of nitrogens with zero attached hydrogens (tertiary/aromatic N) is 1. The van der Waals surface area contributed by atoms with Gasteiger partial charge in [0.2, 0.25) is 5.91 Å². The molecule has 0 aromatic heterocycles. The molecule has 15 heavy (non-hydrogen) atoms. The van der Waals surface area contributed by atoms with Crippen LogP contribution in [0.4, 0.5) is 0 Å². The van der Waals surface area contributed by atoms with Crippen LogP contribution in [0.1, 0.15) is 33.1 Å². The average Bonchev–Trinajstić information content (AvgIpc) is 2.69. The van der Waals surface area contributed by atoms with Gasteiger partial charge in [0.05, 0.1) is 0 Å². The Morgan fingerprint density at radius 3 is 2.40 bits per heavy atom. The molecule has 0 aromatic carbocycles. The minimum absolute atomic E-state index is 0.0615. The van der Waals surface area contributed by atoms with Gasteiger partial charge in [-0.3, -0.25) is 4.79 Å². The summed E-state index contributed by atoms with van der Waals surface area (Å²) in [6.45, 7) is 4.22. The highest BCUT2D eigenvalue weighted by Crippen LogP contribution is 2.58. The molecule has 2 nitrogen and oxygen atoms in total. The van der Waals surface area contributed by atoms with Gasteiger partial charge in [0, 0.05) is 23.8 Å². The molecule has 0 saturated heterocycles. The predicted octanol–water partition coefficient (Wildman–Crippen LogP) is 2.66. The van der Waals surface area contributed by atoms with E-state index < -0.39 is 0 Å². The molecule has 2 unspecified atom stereocenters. The van der Waals surface area contributed by atoms with Crippen LogP contribution in [0, 0.1) is 17.8 Å². The van der Waals surface area contributed by atoms with E-state index in [9.17, 15) is 4.79 Å². The van der Waals surface area contributed by atoms with E-state index in [4.69, 9.17) is 0 Å². The Balaban J connectivity index is 1.97. The second kappa shape index (κ2) is 3.76. The highest BCUT2D eigenvalue weighted by Gasteiger charge is 2.57. The van der Waals surface area contributed by atoms with E-state index in [1.165, 1.54) is 19.3 Å². The van der Waals surface area contributed by atoms with Crippen LogP contribution in [-0.4, -0.2) is 28.7 Å². The molecule has 86 valence electrons. The Labute approximate surface area is 101 Å². The fraction of sp³-hybridized carbons (Fsp3) is 0.917. The summed E-state index contributed by atoms with van der Waals surface area (Å²) in [6, 6.07) is 0. The van der Waals surface area contributed by atoms with Gasteiger partial charge in [-0.1, -0.05) is 22.4 Å². The Hall–Kier alpha value is -0.0500. The summed E-state index contributed by atoms with van der Waals surface area (Å²) in [7, 11) is 1.94. The van der Waals surface area contributed by atoms with Gasteiger partial charge in [0.1, 0.15) is 0 Å². The van der Waals surface area contributed by atoms with Crippen LogP contribution in [0.5, 0.6) is 0 Å². The van der Waals surface area contributed by atoms with Crippen molar-refractivity contribution in [2.45, 2.75) is 38.6 Å². The predicted molar refractivity (Wildman–Crippen MR) is 65.0 cm³/mol. The van der Waals surface area contributed by atoms with Crippen molar-refractivity contribution in [3.63, 3.8) is 0 Å². The van der Waals surface area contributed by atoms with Crippen LogP contribution in [0.2, 0.25) is 0 Å². The molecule has 2 aliphatic rings. The molecule has 2 rings (SSSR count). The Morgan fingerprint density at radius 1 is 1.40 bits per heavy atom. The molecular weight excluding hydrogens is 254 g/mol. The number of hydrogen-bond acceptors (Lipinski definition) is 1. The molecular formula is C12H20BrNO. The average molecular weight is 274 g/mol. The first-order chi connectivity index (χ1) is 6.99. The molecule has 0 spiro atoms. The van der Waals surface area contributed by atoms with Gasteiger partial charge in [0.15, 0.2) is 0 Å². The van der Waals surface area contributed by atoms with Crippen molar-refractivity contribution in [1.82, 2.24) is 4.90 Å². The fourth-order valence-electron chi connectivity index (χ4n) is 2.80. The number of halogens is 1. The van der Waals surface area contributed by atoms with E-state index in [2.05, 4.69) is 29.8 Å². The van der Waals surface area contributed by atoms with Crippen molar-refractivity contribution in [2.24, 2.45) is 17.8 Å². The third kappa shape index (κ3) is 1.83. The molecule has 2 atom stereocenters. The van der Waals surface area contributed by atoms with Crippen molar-refractivity contribution in [2.75, 3.05) is 12.4 Å². The number of alkyl halides is 1. The highest BCUT2D eigenvalue weighted by molar-refractivity contribution is 9.09. The maximum atomic E-state index is 12.2. The van der Waals surface area contributed by atoms with Crippen molar-refractivity contribution < 1.29 is 4.79 Å². The maximum Gasteiger partial charge on any atom is 0.226 e. The number of carbonyl (C=O) groups is 1. The van der Waals surface area contributed by atoms with Gasteiger partial charge in [-0.2, -0.15) is 0 Å². The molecule has 1 amide bonds. The Kier molecular flexibility index (Phi) is 2.87. The number of rotatable bonds is 3. The molecule has 0 bridgehead atoms. The zero-order chi connectivity index (χ0) is 11.2. The van der Waals surface area contributed by atoms with Crippen molar-refractivity contribution in [3.8, 4) is 0 Å². The number of carbonyl (C=O) groups excluding carboxylic acids is 1. The second-order valence-electron chi connectivity index (χ2n) is 5.63. The maximum absolute atomic E-state index is 12.2. The van der Waals surface area contributed by atoms with Crippen molar-refractivity contribution in [1.29, 1.82) is 0 Å². The minimum atomic E-state index is -0.0615. The first-order valence-electron chi connectivity index (χ1n) is 5.82. The van der Waals surface area contributed by atoms with E-state index in [0.29, 0.717) is 11.8 Å². The molecule has 3 heteroatoms. The van der Waals surface area contributed by atoms with E-state index in [1.807, 2.05) is 11.9 Å². The van der Waals surface area contributed by atoms with E-state index in [1.54, 1.807) is 0 Å². The van der Waals surface area contributed by atoms with Crippen LogP contribution < -0.4 is 0 Å². The second-order valence-corrected chi connectivity index (χ2v) is 6.19. The molecule has 0 aliphatic heterocycles. The quantitative estimate of drug-likeness (QED) is 0.724. The molecule has 0 aromatic rings. The molecule has 2 aliphatic carbocycles. The lowest BCUT2D eigenvalue weighted by molar-refractivity contribution is -0.136. The van der Waals surface area contributed by atoms with Gasteiger partial charge in [-0.25, -0.2) is 0 Å². The standard InChI is InChI=1S/C12H20BrNO/c1-12(2,7-13)14(3)11(15)10-8-5-4-6-9(8)10/h8-10H,4-7H2,1-3H3. The Bertz CT molecular complexity index is 267. The number of amides is 1. The SMILES string of the molecule is CN(C(=O)C1C2CCCC21)C(C)(C)CBr. The third-order valence-corrected chi connectivity index (χ3v) is 5.63. The summed E-state index contributed by atoms with van der Waals surface area (Å²) in [5.74, 6) is 2.19. The zero-order valence-corrected chi connectivity index (χ0v) is 11.4. The summed E-state index contributed by atoms with van der Waals surface area (Å²) in [5.41, 5.74) is -0.0615. The topological polar surface area (TPSA) is 20.3 Å². The third-order valence-electron chi connectivity index (χ3n) is 4.26. The monoisotopic (exact) mass is 273 g/mol. The van der Waals surface area contributed by atoms with E-state index in [-0.39, 0.29) is 5.54 Å². The highest BCUT2D eigenvalue weighted by atomic mass is 79.9. The van der Waals surface area contributed by atoms with Crippen LogP contribution >= 0.6 is 15.9 Å². The van der Waals surface area contributed by atoms with E-state index >= 15 is 0 Å². The van der Waals surface area contributed by atoms with Crippen LogP contribution in [0.25, 0.3) is 0 Å². The zero-order valence-electron chi connectivity index (χ0n) is 9.79. The van der Waals surface area contributed by atoms with Crippen LogP contribution in [0.3, 0.4) is 0 Å². The number of hydrogen-bond donors (Lipinski definition) is 0. The summed E-state index contributed by atoms with van der Waals surface area (Å²) < 4.78 is 0. The first kappa shape index (κ1) is 11.4. The van der Waals surface area contributed by atoms with Crippen molar-refractivity contribution in [3.05, 3.63) is 0 Å². The fourth-order valence-corrected chi connectivity index (χ4v) is 3.18. The normalized spacial score (nSPS) is 33.7. The van der Waals surface area contributed by atoms with Gasteiger partial charge in [-0.05, 0) is 38.5 Å². The minimum Gasteiger partial charge on any atom is -0.340 e. The molecule has 0 heterocycles.